The first-order chi connectivity index (χ1) is 5.60. The molecule has 4 nitrogen and oxygen atoms in total. The molecule has 0 amide bonds. The number of carbonyl (C=O) groups is 1. The van der Waals surface area contributed by atoms with Crippen LogP contribution < -0.4 is 0 Å². The smallest absolute Gasteiger partial charge is 0.308 e. The summed E-state index contributed by atoms with van der Waals surface area (Å²) in [6, 6.07) is 0. The van der Waals surface area contributed by atoms with Crippen molar-refractivity contribution in [2.24, 2.45) is 0 Å². The van der Waals surface area contributed by atoms with Crippen LogP contribution in [0.4, 0.5) is 0 Å². The molecule has 12 heavy (non-hydrogen) atoms. The number of hydrogen-bond acceptors (Lipinski definition) is 4. The SMILES string of the molecule is CC[C@@H](O)C[C@H](O)CC(=O)OC. The molecule has 2 atom stereocenters. The number of aliphatic hydroxyl groups is 2. The number of hydrogen-bond donors (Lipinski definition) is 2. The van der Waals surface area contributed by atoms with Crippen molar-refractivity contribution in [3.63, 3.8) is 0 Å². The summed E-state index contributed by atoms with van der Waals surface area (Å²) >= 11 is 0. The van der Waals surface area contributed by atoms with Crippen LogP contribution in [0.15, 0.2) is 0 Å². The zero-order valence-corrected chi connectivity index (χ0v) is 7.49. The molecule has 0 aliphatic rings. The average molecular weight is 176 g/mol. The van der Waals surface area contributed by atoms with E-state index in [0.717, 1.165) is 0 Å². The summed E-state index contributed by atoms with van der Waals surface area (Å²) in [6.07, 6.45) is -0.575. The van der Waals surface area contributed by atoms with Gasteiger partial charge in [0.25, 0.3) is 0 Å². The first kappa shape index (κ1) is 11.4. The van der Waals surface area contributed by atoms with Crippen molar-refractivity contribution < 1.29 is 19.7 Å². The van der Waals surface area contributed by atoms with Gasteiger partial charge in [0.05, 0.1) is 25.7 Å². The van der Waals surface area contributed by atoms with Crippen LogP contribution in [0, 0.1) is 0 Å². The van der Waals surface area contributed by atoms with Crippen LogP contribution in [0.1, 0.15) is 26.2 Å². The summed E-state index contributed by atoms with van der Waals surface area (Å²) in [6.45, 7) is 1.82. The Morgan fingerprint density at radius 1 is 1.42 bits per heavy atom. The van der Waals surface area contributed by atoms with Crippen molar-refractivity contribution >= 4 is 5.97 Å². The number of esters is 1. The largest absolute Gasteiger partial charge is 0.469 e. The van der Waals surface area contributed by atoms with Gasteiger partial charge in [-0.2, -0.15) is 0 Å². The van der Waals surface area contributed by atoms with Gasteiger partial charge in [0.2, 0.25) is 0 Å². The van der Waals surface area contributed by atoms with Crippen molar-refractivity contribution in [1.82, 2.24) is 0 Å². The number of methoxy groups -OCH3 is 1. The molecule has 0 radical (unpaired) electrons. The van der Waals surface area contributed by atoms with E-state index >= 15 is 0 Å². The molecular weight excluding hydrogens is 160 g/mol. The van der Waals surface area contributed by atoms with Gasteiger partial charge in [0.15, 0.2) is 0 Å². The van der Waals surface area contributed by atoms with E-state index in [1.807, 2.05) is 6.92 Å². The summed E-state index contributed by atoms with van der Waals surface area (Å²) in [5, 5.41) is 18.3. The Kier molecular flexibility index (Phi) is 5.66. The number of carbonyl (C=O) groups excluding carboxylic acids is 1. The maximum atomic E-state index is 10.6. The highest BCUT2D eigenvalue weighted by Gasteiger charge is 2.14. The van der Waals surface area contributed by atoms with Crippen molar-refractivity contribution in [2.75, 3.05) is 7.11 Å². The Bertz CT molecular complexity index is 135. The summed E-state index contributed by atoms with van der Waals surface area (Å²) < 4.78 is 4.36. The van der Waals surface area contributed by atoms with Crippen LogP contribution in [0.2, 0.25) is 0 Å². The number of rotatable bonds is 5. The fourth-order valence-corrected chi connectivity index (χ4v) is 0.840. The summed E-state index contributed by atoms with van der Waals surface area (Å²) in [5.74, 6) is -0.453. The third kappa shape index (κ3) is 5.09. The number of aliphatic hydroxyl groups excluding tert-OH is 2. The lowest BCUT2D eigenvalue weighted by atomic mass is 10.1. The molecule has 0 saturated heterocycles. The highest BCUT2D eigenvalue weighted by molar-refractivity contribution is 5.69. The molecule has 0 unspecified atom stereocenters. The topological polar surface area (TPSA) is 66.8 Å². The van der Waals surface area contributed by atoms with Crippen molar-refractivity contribution in [3.05, 3.63) is 0 Å². The lowest BCUT2D eigenvalue weighted by Gasteiger charge is -2.12. The lowest BCUT2D eigenvalue weighted by molar-refractivity contribution is -0.143. The highest BCUT2D eigenvalue weighted by atomic mass is 16.5. The van der Waals surface area contributed by atoms with E-state index in [0.29, 0.717) is 6.42 Å². The van der Waals surface area contributed by atoms with E-state index < -0.39 is 18.2 Å². The average Bonchev–Trinajstić information content (AvgIpc) is 2.03. The highest BCUT2D eigenvalue weighted by Crippen LogP contribution is 2.05. The fourth-order valence-electron chi connectivity index (χ4n) is 0.840. The van der Waals surface area contributed by atoms with Gasteiger partial charge < -0.3 is 14.9 Å². The van der Waals surface area contributed by atoms with Gasteiger partial charge in [0.1, 0.15) is 0 Å². The summed E-state index contributed by atoms with van der Waals surface area (Å²) in [7, 11) is 1.27. The molecule has 0 aromatic rings. The molecule has 0 saturated carbocycles. The molecule has 0 aliphatic carbocycles. The quantitative estimate of drug-likeness (QED) is 0.582. The minimum Gasteiger partial charge on any atom is -0.469 e. The van der Waals surface area contributed by atoms with Crippen molar-refractivity contribution in [3.8, 4) is 0 Å². The number of ether oxygens (including phenoxy) is 1. The van der Waals surface area contributed by atoms with Gasteiger partial charge in [0, 0.05) is 0 Å². The summed E-state index contributed by atoms with van der Waals surface area (Å²) in [4.78, 5) is 10.6. The predicted octanol–water partition coefficient (Wildman–Crippen LogP) is 0.0714. The van der Waals surface area contributed by atoms with E-state index in [1.54, 1.807) is 0 Å². The first-order valence-electron chi connectivity index (χ1n) is 4.03. The van der Waals surface area contributed by atoms with E-state index in [4.69, 9.17) is 5.11 Å². The van der Waals surface area contributed by atoms with Gasteiger partial charge in [-0.1, -0.05) is 6.92 Å². The Hall–Kier alpha value is -0.610. The zero-order valence-electron chi connectivity index (χ0n) is 7.49. The minimum atomic E-state index is -0.799. The molecule has 0 fully saturated rings. The molecule has 0 aromatic carbocycles. The Labute approximate surface area is 72.2 Å². The molecular formula is C8H16O4. The van der Waals surface area contributed by atoms with Crippen LogP contribution in [0.5, 0.6) is 0 Å². The summed E-state index contributed by atoms with van der Waals surface area (Å²) in [5.41, 5.74) is 0. The zero-order chi connectivity index (χ0) is 9.56. The maximum absolute atomic E-state index is 10.6. The van der Waals surface area contributed by atoms with Gasteiger partial charge in [-0.05, 0) is 12.8 Å². The van der Waals surface area contributed by atoms with Crippen LogP contribution in [0.25, 0.3) is 0 Å². The first-order valence-corrected chi connectivity index (χ1v) is 4.03. The fraction of sp³-hybridized carbons (Fsp3) is 0.875. The molecule has 0 heterocycles. The monoisotopic (exact) mass is 176 g/mol. The molecule has 72 valence electrons. The van der Waals surface area contributed by atoms with Gasteiger partial charge in [-0.25, -0.2) is 0 Å². The van der Waals surface area contributed by atoms with E-state index in [1.165, 1.54) is 7.11 Å². The third-order valence-electron chi connectivity index (χ3n) is 1.65. The standard InChI is InChI=1S/C8H16O4/c1-3-6(9)4-7(10)5-8(11)12-2/h6-7,9-10H,3-5H2,1-2H3/t6-,7+/m1/s1. The van der Waals surface area contributed by atoms with Crippen molar-refractivity contribution in [1.29, 1.82) is 0 Å². The molecule has 0 bridgehead atoms. The Balaban J connectivity index is 3.58. The molecule has 0 aromatic heterocycles. The second-order valence-corrected chi connectivity index (χ2v) is 2.73. The van der Waals surface area contributed by atoms with Crippen LogP contribution in [0.3, 0.4) is 0 Å². The van der Waals surface area contributed by atoms with Gasteiger partial charge in [-0.15, -0.1) is 0 Å². The van der Waals surface area contributed by atoms with Gasteiger partial charge >= 0.3 is 5.97 Å². The van der Waals surface area contributed by atoms with E-state index in [-0.39, 0.29) is 12.8 Å². The maximum Gasteiger partial charge on any atom is 0.308 e. The normalized spacial score (nSPS) is 15.3. The van der Waals surface area contributed by atoms with Crippen molar-refractivity contribution in [2.45, 2.75) is 38.4 Å². The third-order valence-corrected chi connectivity index (χ3v) is 1.65. The van der Waals surface area contributed by atoms with Gasteiger partial charge in [-0.3, -0.25) is 4.79 Å². The second kappa shape index (κ2) is 5.97. The van der Waals surface area contributed by atoms with Crippen LogP contribution >= 0.6 is 0 Å². The molecule has 4 heteroatoms. The molecule has 2 N–H and O–H groups in total. The Morgan fingerprint density at radius 3 is 2.42 bits per heavy atom. The Morgan fingerprint density at radius 2 is 2.00 bits per heavy atom. The molecule has 0 rings (SSSR count). The second-order valence-electron chi connectivity index (χ2n) is 2.73. The lowest BCUT2D eigenvalue weighted by Crippen LogP contribution is -2.20. The molecule has 0 spiro atoms. The van der Waals surface area contributed by atoms with Crippen LogP contribution in [-0.2, 0) is 9.53 Å². The minimum absolute atomic E-state index is 0.0481. The van der Waals surface area contributed by atoms with Crippen LogP contribution in [-0.4, -0.2) is 35.5 Å². The molecule has 0 aliphatic heterocycles. The van der Waals surface area contributed by atoms with E-state index in [2.05, 4.69) is 4.74 Å². The predicted molar refractivity (Wildman–Crippen MR) is 43.6 cm³/mol. The van der Waals surface area contributed by atoms with E-state index in [9.17, 15) is 9.90 Å².